The Morgan fingerprint density at radius 3 is 2.85 bits per heavy atom. The molecule has 2 aliphatic heterocycles. The highest BCUT2D eigenvalue weighted by molar-refractivity contribution is 14.0. The molecule has 3 heterocycles. The van der Waals surface area contributed by atoms with E-state index in [0.29, 0.717) is 6.10 Å². The van der Waals surface area contributed by atoms with Gasteiger partial charge in [-0.15, -0.1) is 24.0 Å². The number of halogens is 1. The van der Waals surface area contributed by atoms with E-state index in [9.17, 15) is 0 Å². The largest absolute Gasteiger partial charge is 0.379 e. The van der Waals surface area contributed by atoms with E-state index in [1.54, 1.807) is 0 Å². The molecule has 0 saturated carbocycles. The van der Waals surface area contributed by atoms with Gasteiger partial charge in [-0.1, -0.05) is 6.07 Å². The van der Waals surface area contributed by atoms with Gasteiger partial charge in [-0.05, 0) is 31.4 Å². The van der Waals surface area contributed by atoms with Crippen LogP contribution in [0, 0.1) is 0 Å². The van der Waals surface area contributed by atoms with Crippen molar-refractivity contribution in [2.24, 2.45) is 4.99 Å². The van der Waals surface area contributed by atoms with Crippen LogP contribution in [0.25, 0.3) is 0 Å². The molecule has 0 bridgehead atoms. The Morgan fingerprint density at radius 1 is 1.33 bits per heavy atom. The third-order valence-corrected chi connectivity index (χ3v) is 4.84. The van der Waals surface area contributed by atoms with Crippen LogP contribution in [0.1, 0.15) is 19.3 Å². The molecule has 0 amide bonds. The van der Waals surface area contributed by atoms with Crippen molar-refractivity contribution in [3.05, 3.63) is 24.4 Å². The summed E-state index contributed by atoms with van der Waals surface area (Å²) in [6.45, 7) is 7.07. The van der Waals surface area contributed by atoms with E-state index in [-0.39, 0.29) is 24.0 Å². The SMILES string of the molecule is CN=C(NCCCOCC1CCCO1)N1CCN(c2ccccn2)CC1.I. The average molecular weight is 489 g/mol. The second kappa shape index (κ2) is 12.4. The van der Waals surface area contributed by atoms with Crippen LogP contribution in [-0.4, -0.2) is 81.5 Å². The summed E-state index contributed by atoms with van der Waals surface area (Å²) in [7, 11) is 1.85. The third-order valence-electron chi connectivity index (χ3n) is 4.84. The normalized spacial score (nSPS) is 20.5. The third kappa shape index (κ3) is 7.08. The number of anilines is 1. The van der Waals surface area contributed by atoms with Gasteiger partial charge >= 0.3 is 0 Å². The first-order valence-corrected chi connectivity index (χ1v) is 9.68. The van der Waals surface area contributed by atoms with Gasteiger partial charge in [0.2, 0.25) is 0 Å². The summed E-state index contributed by atoms with van der Waals surface area (Å²) < 4.78 is 11.3. The Bertz CT molecular complexity index is 546. The summed E-state index contributed by atoms with van der Waals surface area (Å²) in [4.78, 5) is 13.5. The Morgan fingerprint density at radius 2 is 2.19 bits per heavy atom. The lowest BCUT2D eigenvalue weighted by Gasteiger charge is -2.37. The summed E-state index contributed by atoms with van der Waals surface area (Å²) in [6, 6.07) is 6.06. The first kappa shape index (κ1) is 22.2. The van der Waals surface area contributed by atoms with E-state index in [2.05, 4.69) is 31.2 Å². The van der Waals surface area contributed by atoms with E-state index < -0.39 is 0 Å². The molecule has 27 heavy (non-hydrogen) atoms. The first-order valence-electron chi connectivity index (χ1n) is 9.68. The van der Waals surface area contributed by atoms with Gasteiger partial charge in [0.25, 0.3) is 0 Å². The van der Waals surface area contributed by atoms with Gasteiger partial charge in [-0.25, -0.2) is 4.98 Å². The molecular formula is C19H32IN5O2. The summed E-state index contributed by atoms with van der Waals surface area (Å²) in [5.41, 5.74) is 0. The molecular weight excluding hydrogens is 457 g/mol. The number of nitrogens with one attached hydrogen (secondary N) is 1. The predicted octanol–water partition coefficient (Wildman–Crippen LogP) is 1.98. The fourth-order valence-electron chi connectivity index (χ4n) is 3.39. The molecule has 1 unspecified atom stereocenters. The topological polar surface area (TPSA) is 62.2 Å². The molecule has 0 aliphatic carbocycles. The molecule has 1 N–H and O–H groups in total. The number of rotatable bonds is 7. The summed E-state index contributed by atoms with van der Waals surface area (Å²) >= 11 is 0. The van der Waals surface area contributed by atoms with Gasteiger partial charge < -0.3 is 24.6 Å². The van der Waals surface area contributed by atoms with Crippen LogP contribution in [0.5, 0.6) is 0 Å². The van der Waals surface area contributed by atoms with Gasteiger partial charge in [0.15, 0.2) is 5.96 Å². The highest BCUT2D eigenvalue weighted by Crippen LogP contribution is 2.13. The fourth-order valence-corrected chi connectivity index (χ4v) is 3.39. The number of hydrogen-bond acceptors (Lipinski definition) is 5. The van der Waals surface area contributed by atoms with Crippen molar-refractivity contribution in [3.63, 3.8) is 0 Å². The summed E-state index contributed by atoms with van der Waals surface area (Å²) in [5, 5.41) is 3.45. The van der Waals surface area contributed by atoms with Gasteiger partial charge in [-0.2, -0.15) is 0 Å². The number of aromatic nitrogens is 1. The van der Waals surface area contributed by atoms with E-state index >= 15 is 0 Å². The van der Waals surface area contributed by atoms with Crippen LogP contribution >= 0.6 is 24.0 Å². The van der Waals surface area contributed by atoms with E-state index in [1.807, 2.05) is 25.4 Å². The minimum absolute atomic E-state index is 0. The van der Waals surface area contributed by atoms with Crippen LogP contribution in [-0.2, 0) is 9.47 Å². The van der Waals surface area contributed by atoms with E-state index in [0.717, 1.165) is 77.2 Å². The molecule has 2 saturated heterocycles. The maximum atomic E-state index is 5.71. The number of aliphatic imine (C=N–C) groups is 1. The number of nitrogens with zero attached hydrogens (tertiary/aromatic N) is 4. The second-order valence-electron chi connectivity index (χ2n) is 6.70. The van der Waals surface area contributed by atoms with E-state index in [4.69, 9.17) is 9.47 Å². The Kier molecular flexibility index (Phi) is 10.1. The molecule has 7 nitrogen and oxygen atoms in total. The molecule has 152 valence electrons. The molecule has 2 fully saturated rings. The van der Waals surface area contributed by atoms with Gasteiger partial charge in [0, 0.05) is 59.2 Å². The molecule has 1 atom stereocenters. The number of pyridine rings is 1. The Labute approximate surface area is 179 Å². The lowest BCUT2D eigenvalue weighted by molar-refractivity contribution is 0.0168. The van der Waals surface area contributed by atoms with Gasteiger partial charge in [0.05, 0.1) is 12.7 Å². The zero-order valence-corrected chi connectivity index (χ0v) is 18.5. The standard InChI is InChI=1S/C19H31N5O2.HI/c1-20-19(22-9-5-14-25-16-17-6-4-15-26-17)24-12-10-23(11-13-24)18-7-2-3-8-21-18;/h2-3,7-8,17H,4-6,9-16H2,1H3,(H,20,22);1H. The minimum Gasteiger partial charge on any atom is -0.379 e. The van der Waals surface area contributed by atoms with Crippen molar-refractivity contribution in [1.29, 1.82) is 0 Å². The Hall–Kier alpha value is -1.13. The monoisotopic (exact) mass is 489 g/mol. The van der Waals surface area contributed by atoms with Gasteiger partial charge in [-0.3, -0.25) is 4.99 Å². The van der Waals surface area contributed by atoms with Crippen LogP contribution in [0.15, 0.2) is 29.4 Å². The summed E-state index contributed by atoms with van der Waals surface area (Å²) in [6.07, 6.45) is 5.43. The first-order chi connectivity index (χ1) is 12.9. The van der Waals surface area contributed by atoms with Crippen molar-refractivity contribution >= 4 is 35.8 Å². The van der Waals surface area contributed by atoms with Crippen molar-refractivity contribution in [2.75, 3.05) is 64.5 Å². The van der Waals surface area contributed by atoms with Gasteiger partial charge in [0.1, 0.15) is 5.82 Å². The smallest absolute Gasteiger partial charge is 0.193 e. The quantitative estimate of drug-likeness (QED) is 0.274. The fraction of sp³-hybridized carbons (Fsp3) is 0.684. The minimum atomic E-state index is 0. The average Bonchev–Trinajstić information content (AvgIpc) is 3.22. The van der Waals surface area contributed by atoms with E-state index in [1.165, 1.54) is 6.42 Å². The maximum Gasteiger partial charge on any atom is 0.193 e. The number of hydrogen-bond donors (Lipinski definition) is 1. The lowest BCUT2D eigenvalue weighted by atomic mass is 10.2. The number of guanidine groups is 1. The molecule has 0 spiro atoms. The molecule has 0 radical (unpaired) electrons. The molecule has 0 aromatic carbocycles. The molecule has 1 aromatic heterocycles. The zero-order chi connectivity index (χ0) is 18.0. The highest BCUT2D eigenvalue weighted by Gasteiger charge is 2.20. The number of piperazine rings is 1. The van der Waals surface area contributed by atoms with Crippen LogP contribution in [0.4, 0.5) is 5.82 Å². The Balaban J connectivity index is 0.00000261. The van der Waals surface area contributed by atoms with Crippen molar-refractivity contribution in [2.45, 2.75) is 25.4 Å². The highest BCUT2D eigenvalue weighted by atomic mass is 127. The number of ether oxygens (including phenoxy) is 2. The molecule has 1 aromatic rings. The lowest BCUT2D eigenvalue weighted by Crippen LogP contribution is -2.52. The zero-order valence-electron chi connectivity index (χ0n) is 16.2. The molecule has 8 heteroatoms. The van der Waals surface area contributed by atoms with Crippen molar-refractivity contribution in [1.82, 2.24) is 15.2 Å². The molecule has 2 aliphatic rings. The van der Waals surface area contributed by atoms with Crippen LogP contribution < -0.4 is 10.2 Å². The van der Waals surface area contributed by atoms with Crippen molar-refractivity contribution < 1.29 is 9.47 Å². The van der Waals surface area contributed by atoms with Crippen LogP contribution in [0.3, 0.4) is 0 Å². The summed E-state index contributed by atoms with van der Waals surface area (Å²) in [5.74, 6) is 2.03. The van der Waals surface area contributed by atoms with Crippen LogP contribution in [0.2, 0.25) is 0 Å². The maximum absolute atomic E-state index is 5.71. The molecule has 3 rings (SSSR count). The second-order valence-corrected chi connectivity index (χ2v) is 6.70. The predicted molar refractivity (Wildman–Crippen MR) is 119 cm³/mol. The van der Waals surface area contributed by atoms with Crippen molar-refractivity contribution in [3.8, 4) is 0 Å².